The molecule has 1 aromatic rings. The maximum atomic E-state index is 11.5. The lowest BCUT2D eigenvalue weighted by atomic mass is 9.95. The minimum absolute atomic E-state index is 0.0343. The van der Waals surface area contributed by atoms with Gasteiger partial charge in [-0.1, -0.05) is 30.3 Å². The molecule has 23 heavy (non-hydrogen) atoms. The second-order valence-corrected chi connectivity index (χ2v) is 5.25. The monoisotopic (exact) mass is 325 g/mol. The van der Waals surface area contributed by atoms with Gasteiger partial charge in [-0.3, -0.25) is 0 Å². The number of hydrogen-bond donors (Lipinski definition) is 3. The van der Waals surface area contributed by atoms with Gasteiger partial charge in [-0.2, -0.15) is 0 Å². The summed E-state index contributed by atoms with van der Waals surface area (Å²) >= 11 is 0. The Bertz CT molecular complexity index is 503. The lowest BCUT2D eigenvalue weighted by Crippen LogP contribution is -2.47. The highest BCUT2D eigenvalue weighted by molar-refractivity contribution is 5.75. The third-order valence-electron chi connectivity index (χ3n) is 3.21. The first-order valence-corrected chi connectivity index (χ1v) is 7.38. The molecular weight excluding hydrogens is 302 g/mol. The lowest BCUT2D eigenvalue weighted by molar-refractivity contribution is -0.167. The molecule has 0 heterocycles. The minimum Gasteiger partial charge on any atom is -0.464 e. The summed E-state index contributed by atoms with van der Waals surface area (Å²) < 4.78 is 9.65. The summed E-state index contributed by atoms with van der Waals surface area (Å²) in [5.41, 5.74) is -0.855. The fourth-order valence-electron chi connectivity index (χ4n) is 1.80. The molecule has 1 rings (SSSR count). The predicted octanol–water partition coefficient (Wildman–Crippen LogP) is 0.978. The molecule has 0 bridgehead atoms. The highest BCUT2D eigenvalue weighted by atomic mass is 16.6. The van der Waals surface area contributed by atoms with Crippen molar-refractivity contribution in [2.75, 3.05) is 13.2 Å². The molecule has 7 nitrogen and oxygen atoms in total. The zero-order valence-corrected chi connectivity index (χ0v) is 13.3. The molecule has 1 aromatic carbocycles. The van der Waals surface area contributed by atoms with Crippen molar-refractivity contribution >= 4 is 12.1 Å². The second-order valence-electron chi connectivity index (χ2n) is 5.25. The number of nitrogens with one attached hydrogen (secondary N) is 1. The van der Waals surface area contributed by atoms with E-state index in [2.05, 4.69) is 10.1 Å². The van der Waals surface area contributed by atoms with Crippen LogP contribution in [0.15, 0.2) is 30.3 Å². The van der Waals surface area contributed by atoms with E-state index in [-0.39, 0.29) is 26.2 Å². The van der Waals surface area contributed by atoms with Crippen LogP contribution >= 0.6 is 0 Å². The molecule has 1 amide bonds. The van der Waals surface area contributed by atoms with Crippen LogP contribution in [0, 0.1) is 0 Å². The van der Waals surface area contributed by atoms with Gasteiger partial charge in [0, 0.05) is 6.54 Å². The van der Waals surface area contributed by atoms with Gasteiger partial charge < -0.3 is 25.0 Å². The van der Waals surface area contributed by atoms with Crippen molar-refractivity contribution in [3.8, 4) is 0 Å². The summed E-state index contributed by atoms with van der Waals surface area (Å²) in [5, 5.41) is 22.2. The Hall–Kier alpha value is -2.12. The van der Waals surface area contributed by atoms with Crippen LogP contribution in [0.5, 0.6) is 0 Å². The van der Waals surface area contributed by atoms with E-state index in [1.807, 2.05) is 30.3 Å². The smallest absolute Gasteiger partial charge is 0.407 e. The zero-order chi connectivity index (χ0) is 17.3. The number of esters is 1. The van der Waals surface area contributed by atoms with Crippen LogP contribution in [0.1, 0.15) is 25.8 Å². The predicted molar refractivity (Wildman–Crippen MR) is 82.5 cm³/mol. The molecule has 0 spiro atoms. The Morgan fingerprint density at radius 2 is 1.91 bits per heavy atom. The summed E-state index contributed by atoms with van der Waals surface area (Å²) in [4.78, 5) is 22.9. The maximum absolute atomic E-state index is 11.5. The van der Waals surface area contributed by atoms with E-state index in [0.717, 1.165) is 5.56 Å². The first-order valence-electron chi connectivity index (χ1n) is 7.38. The van der Waals surface area contributed by atoms with Gasteiger partial charge in [0.05, 0.1) is 6.61 Å². The molecule has 0 unspecified atom stereocenters. The van der Waals surface area contributed by atoms with E-state index in [1.165, 1.54) is 6.92 Å². The van der Waals surface area contributed by atoms with Crippen molar-refractivity contribution < 1.29 is 29.3 Å². The van der Waals surface area contributed by atoms with E-state index < -0.39 is 23.8 Å². The molecule has 0 saturated carbocycles. The minimum atomic E-state index is -1.71. The second kappa shape index (κ2) is 9.12. The molecule has 128 valence electrons. The summed E-state index contributed by atoms with van der Waals surface area (Å²) in [6.07, 6.45) is -2.35. The van der Waals surface area contributed by atoms with Crippen LogP contribution in [-0.4, -0.2) is 47.1 Å². The van der Waals surface area contributed by atoms with Gasteiger partial charge in [0.15, 0.2) is 6.10 Å². The first-order chi connectivity index (χ1) is 10.9. The van der Waals surface area contributed by atoms with Crippen LogP contribution in [-0.2, 0) is 20.9 Å². The molecule has 0 saturated heterocycles. The number of rotatable bonds is 8. The Kier molecular flexibility index (Phi) is 7.50. The third kappa shape index (κ3) is 6.66. The summed E-state index contributed by atoms with van der Waals surface area (Å²) in [6.45, 7) is 3.18. The van der Waals surface area contributed by atoms with E-state index >= 15 is 0 Å². The van der Waals surface area contributed by atoms with Crippen molar-refractivity contribution in [1.82, 2.24) is 5.32 Å². The average Bonchev–Trinajstić information content (AvgIpc) is 2.53. The van der Waals surface area contributed by atoms with Crippen LogP contribution in [0.25, 0.3) is 0 Å². The number of benzene rings is 1. The molecular formula is C16H23NO6. The van der Waals surface area contributed by atoms with Gasteiger partial charge in [-0.25, -0.2) is 9.59 Å². The number of ether oxygens (including phenoxy) is 2. The number of aliphatic hydroxyl groups is 2. The largest absolute Gasteiger partial charge is 0.464 e. The van der Waals surface area contributed by atoms with Crippen molar-refractivity contribution in [2.45, 2.75) is 38.6 Å². The zero-order valence-electron chi connectivity index (χ0n) is 13.3. The van der Waals surface area contributed by atoms with Gasteiger partial charge in [0.25, 0.3) is 0 Å². The Balaban J connectivity index is 2.31. The van der Waals surface area contributed by atoms with Crippen molar-refractivity contribution in [1.29, 1.82) is 0 Å². The third-order valence-corrected chi connectivity index (χ3v) is 3.21. The molecule has 0 fully saturated rings. The Morgan fingerprint density at radius 1 is 1.26 bits per heavy atom. The number of alkyl carbamates (subject to hydrolysis) is 1. The average molecular weight is 325 g/mol. The highest BCUT2D eigenvalue weighted by Gasteiger charge is 2.36. The van der Waals surface area contributed by atoms with Crippen LogP contribution in [0.3, 0.4) is 0 Å². The van der Waals surface area contributed by atoms with E-state index in [1.54, 1.807) is 6.92 Å². The molecule has 3 N–H and O–H groups in total. The van der Waals surface area contributed by atoms with Crippen LogP contribution < -0.4 is 5.32 Å². The maximum Gasteiger partial charge on any atom is 0.407 e. The Morgan fingerprint density at radius 3 is 2.52 bits per heavy atom. The van der Waals surface area contributed by atoms with E-state index in [9.17, 15) is 19.8 Å². The molecule has 2 atom stereocenters. The fourth-order valence-corrected chi connectivity index (χ4v) is 1.80. The summed E-state index contributed by atoms with van der Waals surface area (Å²) in [7, 11) is 0. The van der Waals surface area contributed by atoms with Crippen LogP contribution in [0.4, 0.5) is 4.79 Å². The molecule has 7 heteroatoms. The quantitative estimate of drug-likeness (QED) is 0.615. The first kappa shape index (κ1) is 18.9. The topological polar surface area (TPSA) is 105 Å². The van der Waals surface area contributed by atoms with E-state index in [0.29, 0.717) is 0 Å². The number of hydrogen-bond acceptors (Lipinski definition) is 6. The molecule has 0 aliphatic heterocycles. The van der Waals surface area contributed by atoms with Gasteiger partial charge in [-0.05, 0) is 25.8 Å². The fraction of sp³-hybridized carbons (Fsp3) is 0.500. The summed E-state index contributed by atoms with van der Waals surface area (Å²) in [5.74, 6) is -0.899. The summed E-state index contributed by atoms with van der Waals surface area (Å²) in [6, 6.07) is 9.19. The van der Waals surface area contributed by atoms with Crippen molar-refractivity contribution in [3.63, 3.8) is 0 Å². The number of carbonyl (C=O) groups excluding carboxylic acids is 2. The van der Waals surface area contributed by atoms with Gasteiger partial charge >= 0.3 is 12.1 Å². The van der Waals surface area contributed by atoms with Gasteiger partial charge in [0.2, 0.25) is 0 Å². The number of amides is 1. The van der Waals surface area contributed by atoms with Crippen molar-refractivity contribution in [2.24, 2.45) is 0 Å². The number of carbonyl (C=O) groups is 2. The molecule has 0 radical (unpaired) electrons. The van der Waals surface area contributed by atoms with Crippen molar-refractivity contribution in [3.05, 3.63) is 35.9 Å². The molecule has 0 aliphatic rings. The van der Waals surface area contributed by atoms with E-state index in [4.69, 9.17) is 4.74 Å². The molecule has 0 aliphatic carbocycles. The highest BCUT2D eigenvalue weighted by Crippen LogP contribution is 2.15. The molecule has 0 aromatic heterocycles. The Labute approximate surface area is 135 Å². The normalized spacial score (nSPS) is 14.4. The lowest BCUT2D eigenvalue weighted by Gasteiger charge is -2.27. The number of aliphatic hydroxyl groups excluding tert-OH is 1. The SMILES string of the molecule is CCOC(=O)[C@@H](O)[C@](C)(O)CCNC(=O)OCc1ccccc1. The van der Waals surface area contributed by atoms with Gasteiger partial charge in [-0.15, -0.1) is 0 Å². The van der Waals surface area contributed by atoms with Gasteiger partial charge in [0.1, 0.15) is 12.2 Å². The van der Waals surface area contributed by atoms with Crippen LogP contribution in [0.2, 0.25) is 0 Å². The standard InChI is InChI=1S/C16H23NO6/c1-3-22-14(19)13(18)16(2,21)9-10-17-15(20)23-11-12-7-5-4-6-8-12/h4-8,13,18,21H,3,9-11H2,1-2H3,(H,17,20)/t13-,16-/m1/s1.